The predicted molar refractivity (Wildman–Crippen MR) is 104 cm³/mol. The van der Waals surface area contributed by atoms with Gasteiger partial charge in [0.25, 0.3) is 0 Å². The molecule has 0 aromatic heterocycles. The lowest BCUT2D eigenvalue weighted by Crippen LogP contribution is -2.28. The van der Waals surface area contributed by atoms with Crippen LogP contribution in [0.15, 0.2) is 64.4 Å². The summed E-state index contributed by atoms with van der Waals surface area (Å²) in [5.74, 6) is 2.80. The monoisotopic (exact) mass is 410 g/mol. The summed E-state index contributed by atoms with van der Waals surface area (Å²) in [7, 11) is 1.71. The summed E-state index contributed by atoms with van der Waals surface area (Å²) in [5.41, 5.74) is 5.18. The van der Waals surface area contributed by atoms with Gasteiger partial charge in [-0.25, -0.2) is 0 Å². The van der Waals surface area contributed by atoms with Crippen LogP contribution in [0.25, 0.3) is 0 Å². The van der Waals surface area contributed by atoms with Crippen LogP contribution in [-0.2, 0) is 17.8 Å². The van der Waals surface area contributed by atoms with E-state index in [-0.39, 0.29) is 12.0 Å². The molecular formula is C22H19BrO3. The second-order valence-corrected chi connectivity index (χ2v) is 7.74. The maximum Gasteiger partial charge on any atom is 0.166 e. The van der Waals surface area contributed by atoms with Gasteiger partial charge in [0, 0.05) is 10.0 Å². The summed E-state index contributed by atoms with van der Waals surface area (Å²) >= 11 is 3.76. The second-order valence-electron chi connectivity index (χ2n) is 6.88. The van der Waals surface area contributed by atoms with Crippen LogP contribution < -0.4 is 9.47 Å². The van der Waals surface area contributed by atoms with Crippen molar-refractivity contribution in [3.8, 4) is 11.5 Å². The molecular weight excluding hydrogens is 392 g/mol. The van der Waals surface area contributed by atoms with Gasteiger partial charge in [0.15, 0.2) is 17.6 Å². The molecule has 2 atom stereocenters. The fourth-order valence-electron chi connectivity index (χ4n) is 4.24. The summed E-state index contributed by atoms with van der Waals surface area (Å²) < 4.78 is 19.3. The van der Waals surface area contributed by atoms with E-state index in [1.54, 1.807) is 7.11 Å². The molecule has 3 aliphatic rings. The predicted octanol–water partition coefficient (Wildman–Crippen LogP) is 5.29. The Bertz CT molecular complexity index is 930. The largest absolute Gasteiger partial charge is 0.497 e. The number of benzene rings is 2. The first-order valence-electron chi connectivity index (χ1n) is 8.89. The lowest BCUT2D eigenvalue weighted by Gasteiger charge is -2.30. The molecule has 0 saturated heterocycles. The van der Waals surface area contributed by atoms with Crippen molar-refractivity contribution in [2.45, 2.75) is 31.5 Å². The van der Waals surface area contributed by atoms with Crippen molar-refractivity contribution in [3.63, 3.8) is 0 Å². The molecule has 2 unspecified atom stereocenters. The van der Waals surface area contributed by atoms with Gasteiger partial charge in [-0.1, -0.05) is 57.9 Å². The Balaban J connectivity index is 1.56. The Hall–Kier alpha value is -2.20. The molecule has 2 aliphatic carbocycles. The smallest absolute Gasteiger partial charge is 0.166 e. The third-order valence-corrected chi connectivity index (χ3v) is 6.18. The summed E-state index contributed by atoms with van der Waals surface area (Å²) in [6, 6.07) is 12.3. The van der Waals surface area contributed by atoms with Crippen LogP contribution in [0.2, 0.25) is 0 Å². The van der Waals surface area contributed by atoms with Gasteiger partial charge in [-0.3, -0.25) is 0 Å². The summed E-state index contributed by atoms with van der Waals surface area (Å²) in [6.07, 6.45) is 6.26. The van der Waals surface area contributed by atoms with Crippen molar-refractivity contribution in [2.24, 2.45) is 0 Å². The van der Waals surface area contributed by atoms with Gasteiger partial charge in [0.2, 0.25) is 0 Å². The van der Waals surface area contributed by atoms with Gasteiger partial charge in [-0.2, -0.15) is 0 Å². The van der Waals surface area contributed by atoms with Crippen molar-refractivity contribution in [2.75, 3.05) is 7.11 Å². The Morgan fingerprint density at radius 2 is 2.00 bits per heavy atom. The van der Waals surface area contributed by atoms with Crippen molar-refractivity contribution in [1.82, 2.24) is 0 Å². The zero-order valence-corrected chi connectivity index (χ0v) is 16.1. The fraction of sp³-hybridized carbons (Fsp3) is 0.273. The highest BCUT2D eigenvalue weighted by molar-refractivity contribution is 9.10. The van der Waals surface area contributed by atoms with Crippen LogP contribution in [0, 0.1) is 0 Å². The van der Waals surface area contributed by atoms with E-state index in [9.17, 15) is 0 Å². The van der Waals surface area contributed by atoms with Crippen molar-refractivity contribution in [1.29, 1.82) is 0 Å². The highest BCUT2D eigenvalue weighted by Gasteiger charge is 2.46. The van der Waals surface area contributed by atoms with E-state index in [0.29, 0.717) is 6.61 Å². The molecule has 3 nitrogen and oxygen atoms in total. The Labute approximate surface area is 161 Å². The first-order valence-corrected chi connectivity index (χ1v) is 9.69. The molecule has 0 N–H and O–H groups in total. The molecule has 0 fully saturated rings. The molecule has 0 radical (unpaired) electrons. The summed E-state index contributed by atoms with van der Waals surface area (Å²) in [6.45, 7) is 0.521. The van der Waals surface area contributed by atoms with Gasteiger partial charge in [-0.05, 0) is 36.1 Å². The van der Waals surface area contributed by atoms with Crippen LogP contribution in [-0.4, -0.2) is 13.2 Å². The molecule has 26 heavy (non-hydrogen) atoms. The molecule has 0 spiro atoms. The fourth-order valence-corrected chi connectivity index (χ4v) is 4.86. The Kier molecular flexibility index (Phi) is 3.82. The van der Waals surface area contributed by atoms with Gasteiger partial charge in [-0.15, -0.1) is 0 Å². The topological polar surface area (TPSA) is 27.7 Å². The number of allylic oxidation sites excluding steroid dienone is 2. The number of ether oxygens (including phenoxy) is 3. The minimum atomic E-state index is -0.0811. The lowest BCUT2D eigenvalue weighted by molar-refractivity contribution is 0.146. The van der Waals surface area contributed by atoms with Crippen molar-refractivity contribution in [3.05, 3.63) is 81.0 Å². The number of rotatable bonds is 4. The second kappa shape index (κ2) is 6.20. The van der Waals surface area contributed by atoms with Crippen molar-refractivity contribution < 1.29 is 14.2 Å². The molecule has 1 aliphatic heterocycles. The zero-order valence-electron chi connectivity index (χ0n) is 14.5. The highest BCUT2D eigenvalue weighted by atomic mass is 79.9. The van der Waals surface area contributed by atoms with Crippen LogP contribution >= 0.6 is 15.9 Å². The van der Waals surface area contributed by atoms with Crippen LogP contribution in [0.3, 0.4) is 0 Å². The zero-order chi connectivity index (χ0) is 17.7. The molecule has 5 rings (SSSR count). The van der Waals surface area contributed by atoms with Crippen LogP contribution in [0.4, 0.5) is 0 Å². The Morgan fingerprint density at radius 3 is 2.81 bits per heavy atom. The van der Waals surface area contributed by atoms with E-state index >= 15 is 0 Å². The summed E-state index contributed by atoms with van der Waals surface area (Å²) in [5, 5.41) is 0. The number of hydrogen-bond acceptors (Lipinski definition) is 3. The van der Waals surface area contributed by atoms with Gasteiger partial charge < -0.3 is 14.2 Å². The molecule has 132 valence electrons. The van der Waals surface area contributed by atoms with E-state index in [0.717, 1.165) is 40.1 Å². The SMILES string of the molecule is COC1=CC=C2CCc3c(Br)cc(OCc4ccccc4)c4c3C2C1O4. The normalized spacial score (nSPS) is 22.1. The van der Waals surface area contributed by atoms with Gasteiger partial charge in [0.1, 0.15) is 12.4 Å². The maximum atomic E-state index is 6.40. The standard InChI is InChI=1S/C22H19BrO3/c1-24-17-10-8-14-7-9-15-16(23)11-18(22-20(15)19(14)21(17)26-22)25-12-13-5-3-2-4-6-13/h2-6,8,10-11,19,21H,7,9,12H2,1H3. The average Bonchev–Trinajstić information content (AvgIpc) is 3.08. The summed E-state index contributed by atoms with van der Waals surface area (Å²) in [4.78, 5) is 0. The first-order chi connectivity index (χ1) is 12.8. The molecule has 4 heteroatoms. The lowest BCUT2D eigenvalue weighted by atomic mass is 9.75. The molecule has 0 amide bonds. The first kappa shape index (κ1) is 16.0. The van der Waals surface area contributed by atoms with Gasteiger partial charge >= 0.3 is 0 Å². The Morgan fingerprint density at radius 1 is 1.15 bits per heavy atom. The highest BCUT2D eigenvalue weighted by Crippen LogP contribution is 2.57. The number of halogens is 1. The molecule has 0 bridgehead atoms. The maximum absolute atomic E-state index is 6.40. The van der Waals surface area contributed by atoms with E-state index in [1.165, 1.54) is 16.7 Å². The molecule has 1 heterocycles. The quantitative estimate of drug-likeness (QED) is 0.685. The number of methoxy groups -OCH3 is 1. The van der Waals surface area contributed by atoms with Gasteiger partial charge in [0.05, 0.1) is 13.0 Å². The number of hydrogen-bond donors (Lipinski definition) is 0. The van der Waals surface area contributed by atoms with Crippen LogP contribution in [0.5, 0.6) is 11.5 Å². The van der Waals surface area contributed by atoms with E-state index in [2.05, 4.69) is 40.2 Å². The molecule has 2 aromatic rings. The molecule has 0 saturated carbocycles. The van der Waals surface area contributed by atoms with E-state index < -0.39 is 0 Å². The molecule has 2 aromatic carbocycles. The third kappa shape index (κ3) is 2.39. The third-order valence-electron chi connectivity index (χ3n) is 5.48. The van der Waals surface area contributed by atoms with Crippen molar-refractivity contribution >= 4 is 15.9 Å². The van der Waals surface area contributed by atoms with E-state index in [1.807, 2.05) is 24.3 Å². The minimum Gasteiger partial charge on any atom is -0.497 e. The minimum absolute atomic E-state index is 0.0811. The average molecular weight is 411 g/mol. The van der Waals surface area contributed by atoms with E-state index in [4.69, 9.17) is 14.2 Å². The van der Waals surface area contributed by atoms with Crippen LogP contribution in [0.1, 0.15) is 29.0 Å².